The highest BCUT2D eigenvalue weighted by Gasteiger charge is 2.29. The van der Waals surface area contributed by atoms with Crippen molar-refractivity contribution in [3.05, 3.63) is 83.9 Å². The van der Waals surface area contributed by atoms with Crippen LogP contribution in [-0.4, -0.2) is 27.5 Å². The van der Waals surface area contributed by atoms with Crippen LogP contribution in [0.5, 0.6) is 5.75 Å². The highest BCUT2D eigenvalue weighted by molar-refractivity contribution is 7.92. The minimum absolute atomic E-state index is 0.105. The number of sulfonamides is 1. The number of hydrogen-bond acceptors (Lipinski definition) is 4. The first-order valence-corrected chi connectivity index (χ1v) is 12.5. The molecule has 0 bridgehead atoms. The molecule has 1 aliphatic rings. The van der Waals surface area contributed by atoms with E-state index < -0.39 is 10.0 Å². The lowest BCUT2D eigenvalue weighted by Gasteiger charge is -2.30. The van der Waals surface area contributed by atoms with Crippen LogP contribution in [0.25, 0.3) is 0 Å². The Balaban J connectivity index is 1.43. The van der Waals surface area contributed by atoms with Crippen molar-refractivity contribution < 1.29 is 17.9 Å². The predicted molar refractivity (Wildman–Crippen MR) is 130 cm³/mol. The van der Waals surface area contributed by atoms with E-state index in [-0.39, 0.29) is 17.4 Å². The Morgan fingerprint density at radius 3 is 2.45 bits per heavy atom. The molecule has 0 aliphatic carbocycles. The van der Waals surface area contributed by atoms with E-state index in [1.807, 2.05) is 30.3 Å². The van der Waals surface area contributed by atoms with Crippen LogP contribution in [-0.2, 0) is 21.2 Å². The molecule has 1 heterocycles. The standard InChI is InChI=1S/C26H28N2O4S/c1-19(2)20-10-13-23(14-11-20)32-18-26(29)27-22-12-15-25-21(17-22)7-6-16-28(25)33(30,31)24-8-4-3-5-9-24/h3-5,8-15,17,19H,6-7,16,18H2,1-2H3,(H,27,29). The summed E-state index contributed by atoms with van der Waals surface area (Å²) >= 11 is 0. The lowest BCUT2D eigenvalue weighted by Crippen LogP contribution is -2.35. The summed E-state index contributed by atoms with van der Waals surface area (Å²) < 4.78 is 33.3. The number of aryl methyl sites for hydroxylation is 1. The summed E-state index contributed by atoms with van der Waals surface area (Å²) in [5, 5.41) is 2.85. The number of anilines is 2. The third-order valence-corrected chi connectivity index (χ3v) is 7.51. The van der Waals surface area contributed by atoms with E-state index >= 15 is 0 Å². The second-order valence-corrected chi connectivity index (χ2v) is 10.3. The molecule has 0 aromatic heterocycles. The Morgan fingerprint density at radius 2 is 1.76 bits per heavy atom. The quantitative estimate of drug-likeness (QED) is 0.536. The normalized spacial score (nSPS) is 13.5. The molecule has 33 heavy (non-hydrogen) atoms. The van der Waals surface area contributed by atoms with Crippen LogP contribution in [0.2, 0.25) is 0 Å². The van der Waals surface area contributed by atoms with E-state index in [0.29, 0.717) is 36.0 Å². The van der Waals surface area contributed by atoms with E-state index in [1.54, 1.807) is 42.5 Å². The third kappa shape index (κ3) is 5.20. The van der Waals surface area contributed by atoms with Crippen LogP contribution in [0.15, 0.2) is 77.7 Å². The monoisotopic (exact) mass is 464 g/mol. The van der Waals surface area contributed by atoms with E-state index in [2.05, 4.69) is 19.2 Å². The van der Waals surface area contributed by atoms with Gasteiger partial charge in [-0.15, -0.1) is 0 Å². The molecule has 1 aliphatic heterocycles. The zero-order valence-corrected chi connectivity index (χ0v) is 19.6. The smallest absolute Gasteiger partial charge is 0.264 e. The molecule has 3 aromatic rings. The number of fused-ring (bicyclic) bond motifs is 1. The predicted octanol–water partition coefficient (Wildman–Crippen LogP) is 4.97. The minimum Gasteiger partial charge on any atom is -0.484 e. The average Bonchev–Trinajstić information content (AvgIpc) is 2.83. The van der Waals surface area contributed by atoms with Gasteiger partial charge in [0.25, 0.3) is 15.9 Å². The van der Waals surface area contributed by atoms with E-state index in [1.165, 1.54) is 9.87 Å². The van der Waals surface area contributed by atoms with Gasteiger partial charge in [0.1, 0.15) is 5.75 Å². The molecule has 3 aromatic carbocycles. The molecular weight excluding hydrogens is 436 g/mol. The Bertz CT molecular complexity index is 1220. The first kappa shape index (κ1) is 22.9. The maximum absolute atomic E-state index is 13.1. The maximum atomic E-state index is 13.1. The van der Waals surface area contributed by atoms with Crippen molar-refractivity contribution in [1.29, 1.82) is 0 Å². The molecule has 0 fully saturated rings. The van der Waals surface area contributed by atoms with Crippen molar-refractivity contribution in [3.8, 4) is 5.75 Å². The van der Waals surface area contributed by atoms with Crippen molar-refractivity contribution >= 4 is 27.3 Å². The number of ether oxygens (including phenoxy) is 1. The number of nitrogens with one attached hydrogen (secondary N) is 1. The Morgan fingerprint density at radius 1 is 1.03 bits per heavy atom. The average molecular weight is 465 g/mol. The summed E-state index contributed by atoms with van der Waals surface area (Å²) in [4.78, 5) is 12.7. The lowest BCUT2D eigenvalue weighted by molar-refractivity contribution is -0.118. The topological polar surface area (TPSA) is 75.7 Å². The summed E-state index contributed by atoms with van der Waals surface area (Å²) in [5.41, 5.74) is 3.38. The number of carbonyl (C=O) groups is 1. The molecule has 0 unspecified atom stereocenters. The minimum atomic E-state index is -3.63. The molecule has 0 saturated carbocycles. The molecule has 0 radical (unpaired) electrons. The summed E-state index contributed by atoms with van der Waals surface area (Å²) in [6.45, 7) is 4.57. The van der Waals surface area contributed by atoms with Crippen molar-refractivity contribution in [2.45, 2.75) is 37.5 Å². The maximum Gasteiger partial charge on any atom is 0.264 e. The van der Waals surface area contributed by atoms with Crippen LogP contribution in [0.3, 0.4) is 0 Å². The van der Waals surface area contributed by atoms with Gasteiger partial charge in [-0.05, 0) is 72.4 Å². The number of benzene rings is 3. The Hall–Kier alpha value is -3.32. The van der Waals surface area contributed by atoms with Crippen molar-refractivity contribution in [2.75, 3.05) is 22.8 Å². The van der Waals surface area contributed by atoms with Gasteiger partial charge in [0.05, 0.1) is 10.6 Å². The number of amides is 1. The van der Waals surface area contributed by atoms with Gasteiger partial charge in [-0.25, -0.2) is 8.42 Å². The van der Waals surface area contributed by atoms with E-state index in [4.69, 9.17) is 4.74 Å². The van der Waals surface area contributed by atoms with Gasteiger partial charge in [-0.1, -0.05) is 44.2 Å². The van der Waals surface area contributed by atoms with Crippen molar-refractivity contribution in [2.24, 2.45) is 0 Å². The molecule has 1 N–H and O–H groups in total. The summed E-state index contributed by atoms with van der Waals surface area (Å²) in [6, 6.07) is 21.5. The second-order valence-electron chi connectivity index (χ2n) is 8.40. The molecule has 6 nitrogen and oxygen atoms in total. The lowest BCUT2D eigenvalue weighted by atomic mass is 10.0. The number of hydrogen-bond donors (Lipinski definition) is 1. The Kier molecular flexibility index (Phi) is 6.70. The van der Waals surface area contributed by atoms with Gasteiger partial charge < -0.3 is 10.1 Å². The number of carbonyl (C=O) groups excluding carboxylic acids is 1. The van der Waals surface area contributed by atoms with Gasteiger partial charge in [0.2, 0.25) is 0 Å². The fourth-order valence-electron chi connectivity index (χ4n) is 3.90. The SMILES string of the molecule is CC(C)c1ccc(OCC(=O)Nc2ccc3c(c2)CCCN3S(=O)(=O)c2ccccc2)cc1. The van der Waals surface area contributed by atoms with Gasteiger partial charge in [-0.3, -0.25) is 9.10 Å². The second kappa shape index (κ2) is 9.67. The van der Waals surface area contributed by atoms with Crippen molar-refractivity contribution in [1.82, 2.24) is 0 Å². The highest BCUT2D eigenvalue weighted by atomic mass is 32.2. The molecule has 0 spiro atoms. The van der Waals surface area contributed by atoms with Crippen LogP contribution in [0.4, 0.5) is 11.4 Å². The first-order chi connectivity index (χ1) is 15.8. The molecule has 1 amide bonds. The van der Waals surface area contributed by atoms with E-state index in [0.717, 1.165) is 12.0 Å². The molecule has 4 rings (SSSR count). The first-order valence-electron chi connectivity index (χ1n) is 11.1. The van der Waals surface area contributed by atoms with Gasteiger partial charge >= 0.3 is 0 Å². The molecule has 0 saturated heterocycles. The summed E-state index contributed by atoms with van der Waals surface area (Å²) in [5.74, 6) is 0.805. The molecular formula is C26H28N2O4S. The Labute approximate surface area is 195 Å². The van der Waals surface area contributed by atoms with Crippen molar-refractivity contribution in [3.63, 3.8) is 0 Å². The number of nitrogens with zero attached hydrogens (tertiary/aromatic N) is 1. The summed E-state index contributed by atoms with van der Waals surface area (Å²) in [6.07, 6.45) is 1.46. The fraction of sp³-hybridized carbons (Fsp3) is 0.269. The van der Waals surface area contributed by atoms with Crippen LogP contribution in [0, 0.1) is 0 Å². The zero-order valence-electron chi connectivity index (χ0n) is 18.8. The van der Waals surface area contributed by atoms with Gasteiger partial charge in [0.15, 0.2) is 6.61 Å². The highest BCUT2D eigenvalue weighted by Crippen LogP contribution is 2.33. The molecule has 172 valence electrons. The summed E-state index contributed by atoms with van der Waals surface area (Å²) in [7, 11) is -3.63. The molecule has 7 heteroatoms. The van der Waals surface area contributed by atoms with Gasteiger partial charge in [-0.2, -0.15) is 0 Å². The van der Waals surface area contributed by atoms with Crippen LogP contribution < -0.4 is 14.4 Å². The number of rotatable bonds is 7. The van der Waals surface area contributed by atoms with E-state index in [9.17, 15) is 13.2 Å². The third-order valence-electron chi connectivity index (χ3n) is 5.69. The molecule has 0 atom stereocenters. The van der Waals surface area contributed by atoms with Gasteiger partial charge in [0, 0.05) is 12.2 Å². The fourth-order valence-corrected chi connectivity index (χ4v) is 5.47. The largest absolute Gasteiger partial charge is 0.484 e. The van der Waals surface area contributed by atoms with Crippen LogP contribution in [0.1, 0.15) is 37.3 Å². The van der Waals surface area contributed by atoms with Crippen LogP contribution >= 0.6 is 0 Å². The zero-order chi connectivity index (χ0) is 23.4.